The van der Waals surface area contributed by atoms with Crippen molar-refractivity contribution in [1.82, 2.24) is 0 Å². The van der Waals surface area contributed by atoms with Gasteiger partial charge < -0.3 is 21.2 Å². The van der Waals surface area contributed by atoms with Crippen molar-refractivity contribution in [2.24, 2.45) is 0 Å². The molecule has 3 rings (SSSR count). The Bertz CT molecular complexity index is 686. The SMILES string of the molecule is C[SiH]1O[SiH](C)O[Si](C)(COc2ccc3ccccc3c2)O[SiH](C)O1. The standard InChI is InChI=1S/C15H24O5Si4/c1-21-17-22(2)19-24(4,20-23(3)18-21)12-16-15-10-9-13-7-5-6-8-14(13)11-15/h5-11,21-23H,12H2,1-4H3. The fraction of sp³-hybridized carbons (Fsp3) is 0.333. The third kappa shape index (κ3) is 4.64. The van der Waals surface area contributed by atoms with Gasteiger partial charge in [0.05, 0.1) is 0 Å². The van der Waals surface area contributed by atoms with E-state index in [-0.39, 0.29) is 0 Å². The minimum Gasteiger partial charge on any atom is -0.492 e. The maximum atomic E-state index is 6.23. The van der Waals surface area contributed by atoms with Crippen LogP contribution in [0.1, 0.15) is 0 Å². The molecular weight excluding hydrogens is 373 g/mol. The first-order chi connectivity index (χ1) is 11.4. The molecular formula is C15H24O5Si4. The molecule has 1 aliphatic rings. The molecule has 1 fully saturated rings. The number of rotatable bonds is 3. The van der Waals surface area contributed by atoms with Gasteiger partial charge in [0.15, 0.2) is 0 Å². The van der Waals surface area contributed by atoms with Crippen molar-refractivity contribution < 1.29 is 21.2 Å². The van der Waals surface area contributed by atoms with E-state index in [1.165, 1.54) is 10.8 Å². The third-order valence-electron chi connectivity index (χ3n) is 3.82. The van der Waals surface area contributed by atoms with Crippen molar-refractivity contribution in [1.29, 1.82) is 0 Å². The smallest absolute Gasteiger partial charge is 0.355 e. The van der Waals surface area contributed by atoms with E-state index in [4.69, 9.17) is 21.2 Å². The summed E-state index contributed by atoms with van der Waals surface area (Å²) in [7, 11) is -7.50. The van der Waals surface area contributed by atoms with Gasteiger partial charge in [-0.1, -0.05) is 30.3 Å². The highest BCUT2D eigenvalue weighted by atomic mass is 28.5. The Balaban J connectivity index is 1.70. The van der Waals surface area contributed by atoms with Crippen LogP contribution in [0.2, 0.25) is 26.2 Å². The fourth-order valence-electron chi connectivity index (χ4n) is 2.90. The largest absolute Gasteiger partial charge is 0.492 e. The Hall–Kier alpha value is -0.792. The summed E-state index contributed by atoms with van der Waals surface area (Å²) in [6.45, 7) is 8.16. The monoisotopic (exact) mass is 396 g/mol. The summed E-state index contributed by atoms with van der Waals surface area (Å²) in [5.74, 6) is 0.838. The first kappa shape index (κ1) is 18.0. The topological polar surface area (TPSA) is 46.2 Å². The summed E-state index contributed by atoms with van der Waals surface area (Å²) in [6.07, 6.45) is 0.447. The highest BCUT2D eigenvalue weighted by molar-refractivity contribution is 6.81. The maximum Gasteiger partial charge on any atom is 0.355 e. The molecule has 0 bridgehead atoms. The van der Waals surface area contributed by atoms with E-state index in [0.29, 0.717) is 6.23 Å². The lowest BCUT2D eigenvalue weighted by Gasteiger charge is -2.36. The molecule has 24 heavy (non-hydrogen) atoms. The molecule has 2 aromatic rings. The second kappa shape index (κ2) is 7.62. The minimum absolute atomic E-state index is 0.447. The Labute approximate surface area is 149 Å². The lowest BCUT2D eigenvalue weighted by Crippen LogP contribution is -2.56. The Morgan fingerprint density at radius 3 is 2.17 bits per heavy atom. The predicted octanol–water partition coefficient (Wildman–Crippen LogP) is 2.46. The first-order valence-electron chi connectivity index (χ1n) is 8.22. The molecule has 0 N–H and O–H groups in total. The molecule has 9 heteroatoms. The summed E-state index contributed by atoms with van der Waals surface area (Å²) in [4.78, 5) is 0. The number of hydrogen-bond donors (Lipinski definition) is 0. The molecule has 130 valence electrons. The molecule has 0 spiro atoms. The quantitative estimate of drug-likeness (QED) is 0.746. The second-order valence-electron chi connectivity index (χ2n) is 6.14. The van der Waals surface area contributed by atoms with Gasteiger partial charge in [0.1, 0.15) is 12.0 Å². The molecule has 2 unspecified atom stereocenters. The number of fused-ring (bicyclic) bond motifs is 1. The molecule has 1 heterocycles. The van der Waals surface area contributed by atoms with Crippen molar-refractivity contribution in [3.05, 3.63) is 42.5 Å². The van der Waals surface area contributed by atoms with Crippen molar-refractivity contribution in [3.63, 3.8) is 0 Å². The van der Waals surface area contributed by atoms with Crippen molar-refractivity contribution in [3.8, 4) is 5.75 Å². The van der Waals surface area contributed by atoms with Crippen LogP contribution in [0.3, 0.4) is 0 Å². The maximum absolute atomic E-state index is 6.23. The Morgan fingerprint density at radius 1 is 0.875 bits per heavy atom. The minimum atomic E-state index is -2.45. The van der Waals surface area contributed by atoms with Crippen LogP contribution in [0.15, 0.2) is 42.5 Å². The molecule has 1 aliphatic heterocycles. The van der Waals surface area contributed by atoms with E-state index >= 15 is 0 Å². The number of ether oxygens (including phenoxy) is 1. The average molecular weight is 397 g/mol. The average Bonchev–Trinajstić information content (AvgIpc) is 2.51. The van der Waals surface area contributed by atoms with Gasteiger partial charge in [0, 0.05) is 0 Å². The van der Waals surface area contributed by atoms with E-state index in [1.54, 1.807) is 0 Å². The van der Waals surface area contributed by atoms with Crippen LogP contribution in [-0.4, -0.2) is 42.6 Å². The first-order valence-corrected chi connectivity index (χ1v) is 17.0. The summed E-state index contributed by atoms with van der Waals surface area (Å²) < 4.78 is 30.4. The van der Waals surface area contributed by atoms with Crippen LogP contribution < -0.4 is 4.74 Å². The Kier molecular flexibility index (Phi) is 5.72. The molecule has 0 saturated carbocycles. The fourth-order valence-corrected chi connectivity index (χ4v) is 16.8. The highest BCUT2D eigenvalue weighted by Gasteiger charge is 2.40. The highest BCUT2D eigenvalue weighted by Crippen LogP contribution is 2.23. The van der Waals surface area contributed by atoms with Crippen LogP contribution in [-0.2, 0) is 16.5 Å². The van der Waals surface area contributed by atoms with Gasteiger partial charge in [-0.2, -0.15) is 0 Å². The normalized spacial score (nSPS) is 31.4. The van der Waals surface area contributed by atoms with Crippen LogP contribution in [0.25, 0.3) is 10.8 Å². The molecule has 5 nitrogen and oxygen atoms in total. The zero-order chi connectivity index (χ0) is 17.2. The van der Waals surface area contributed by atoms with Crippen LogP contribution in [0.5, 0.6) is 5.75 Å². The molecule has 0 aliphatic carbocycles. The molecule has 2 atom stereocenters. The molecule has 1 saturated heterocycles. The van der Waals surface area contributed by atoms with Gasteiger partial charge in [0.2, 0.25) is 0 Å². The van der Waals surface area contributed by atoms with E-state index < -0.39 is 36.4 Å². The lowest BCUT2D eigenvalue weighted by molar-refractivity contribution is 0.242. The van der Waals surface area contributed by atoms with Crippen LogP contribution >= 0.6 is 0 Å². The Morgan fingerprint density at radius 2 is 1.50 bits per heavy atom. The van der Waals surface area contributed by atoms with Gasteiger partial charge in [-0.05, 0) is 49.1 Å². The molecule has 0 radical (unpaired) electrons. The molecule has 2 aromatic carbocycles. The second-order valence-corrected chi connectivity index (χ2v) is 16.2. The summed E-state index contributed by atoms with van der Waals surface area (Å²) in [5.41, 5.74) is 0. The van der Waals surface area contributed by atoms with E-state index in [9.17, 15) is 0 Å². The van der Waals surface area contributed by atoms with Gasteiger partial charge >= 0.3 is 8.56 Å². The van der Waals surface area contributed by atoms with Crippen molar-refractivity contribution in [2.45, 2.75) is 26.2 Å². The lowest BCUT2D eigenvalue weighted by atomic mass is 10.1. The number of hydrogen-bond acceptors (Lipinski definition) is 5. The zero-order valence-electron chi connectivity index (χ0n) is 14.5. The third-order valence-corrected chi connectivity index (χ3v) is 17.3. The molecule has 0 aromatic heterocycles. The van der Waals surface area contributed by atoms with Crippen LogP contribution in [0.4, 0.5) is 0 Å². The summed E-state index contributed by atoms with van der Waals surface area (Å²) >= 11 is 0. The summed E-state index contributed by atoms with van der Waals surface area (Å²) in [5, 5.41) is 2.37. The van der Waals surface area contributed by atoms with E-state index in [2.05, 4.69) is 24.3 Å². The van der Waals surface area contributed by atoms with Crippen LogP contribution in [0, 0.1) is 0 Å². The van der Waals surface area contributed by atoms with Crippen molar-refractivity contribution in [2.75, 3.05) is 6.23 Å². The van der Waals surface area contributed by atoms with Gasteiger partial charge in [-0.3, -0.25) is 0 Å². The van der Waals surface area contributed by atoms with Gasteiger partial charge in [-0.15, -0.1) is 0 Å². The molecule has 0 amide bonds. The predicted molar refractivity (Wildman–Crippen MR) is 104 cm³/mol. The van der Waals surface area contributed by atoms with E-state index in [0.717, 1.165) is 5.75 Å². The summed E-state index contributed by atoms with van der Waals surface area (Å²) in [6, 6.07) is 14.4. The number of benzene rings is 2. The van der Waals surface area contributed by atoms with E-state index in [1.807, 2.05) is 44.4 Å². The zero-order valence-corrected chi connectivity index (χ0v) is 19.0. The van der Waals surface area contributed by atoms with Crippen molar-refractivity contribution >= 4 is 47.2 Å². The van der Waals surface area contributed by atoms with Gasteiger partial charge in [-0.25, -0.2) is 0 Å². The van der Waals surface area contributed by atoms with Gasteiger partial charge in [0.25, 0.3) is 27.9 Å².